The molecule has 0 saturated carbocycles. The van der Waals surface area contributed by atoms with Crippen LogP contribution in [0.15, 0.2) is 23.6 Å². The smallest absolute Gasteiger partial charge is 0.267 e. The highest BCUT2D eigenvalue weighted by Crippen LogP contribution is 2.36. The van der Waals surface area contributed by atoms with Crippen molar-refractivity contribution in [3.8, 4) is 17.0 Å². The number of rotatable bonds is 2. The van der Waals surface area contributed by atoms with E-state index in [9.17, 15) is 4.79 Å². The Morgan fingerprint density at radius 3 is 3.00 bits per heavy atom. The Morgan fingerprint density at radius 2 is 2.30 bits per heavy atom. The lowest BCUT2D eigenvalue weighted by molar-refractivity contribution is -0.125. The number of amides is 1. The lowest BCUT2D eigenvalue weighted by atomic mass is 10.1. The van der Waals surface area contributed by atoms with Crippen molar-refractivity contribution in [2.45, 2.75) is 19.6 Å². The summed E-state index contributed by atoms with van der Waals surface area (Å²) in [6, 6.07) is 5.75. The quantitative estimate of drug-likeness (QED) is 0.918. The molecule has 2 heterocycles. The van der Waals surface area contributed by atoms with Crippen LogP contribution in [0.4, 0.5) is 5.69 Å². The monoisotopic (exact) mass is 289 g/mol. The van der Waals surface area contributed by atoms with E-state index in [2.05, 4.69) is 4.98 Å². The number of thiazole rings is 1. The number of aromatic nitrogens is 1. The summed E-state index contributed by atoms with van der Waals surface area (Å²) in [6.45, 7) is 2.19. The van der Waals surface area contributed by atoms with Crippen LogP contribution in [0.3, 0.4) is 0 Å². The van der Waals surface area contributed by atoms with Gasteiger partial charge in [0, 0.05) is 24.5 Å². The number of carbonyl (C=O) groups excluding carboxylic acids is 1. The number of anilines is 1. The predicted octanol–water partition coefficient (Wildman–Crippen LogP) is 2.01. The normalized spacial score (nSPS) is 17.9. The van der Waals surface area contributed by atoms with Crippen LogP contribution < -0.4 is 15.4 Å². The molecule has 3 rings (SSSR count). The van der Waals surface area contributed by atoms with Crippen LogP contribution in [0.5, 0.6) is 5.75 Å². The number of hydrogen-bond donors (Lipinski definition) is 1. The van der Waals surface area contributed by atoms with Gasteiger partial charge < -0.3 is 15.4 Å². The summed E-state index contributed by atoms with van der Waals surface area (Å²) < 4.78 is 5.60. The maximum atomic E-state index is 12.0. The molecular weight excluding hydrogens is 274 g/mol. The molecule has 1 aromatic carbocycles. The number of nitrogens with two attached hydrogens (primary N) is 1. The molecule has 2 aromatic rings. The van der Waals surface area contributed by atoms with Crippen molar-refractivity contribution in [1.82, 2.24) is 4.98 Å². The van der Waals surface area contributed by atoms with Crippen molar-refractivity contribution in [2.24, 2.45) is 5.73 Å². The van der Waals surface area contributed by atoms with Gasteiger partial charge in [0.2, 0.25) is 0 Å². The molecule has 1 aromatic heterocycles. The molecule has 1 unspecified atom stereocenters. The number of benzene rings is 1. The number of fused-ring (bicyclic) bond motifs is 1. The molecule has 104 valence electrons. The molecule has 1 aliphatic heterocycles. The molecule has 20 heavy (non-hydrogen) atoms. The van der Waals surface area contributed by atoms with E-state index in [0.29, 0.717) is 6.54 Å². The lowest BCUT2D eigenvalue weighted by Crippen LogP contribution is -2.41. The van der Waals surface area contributed by atoms with Crippen molar-refractivity contribution < 1.29 is 9.53 Å². The zero-order valence-electron chi connectivity index (χ0n) is 11.3. The molecule has 1 amide bonds. The molecule has 5 nitrogen and oxygen atoms in total. The van der Waals surface area contributed by atoms with Gasteiger partial charge in [-0.3, -0.25) is 4.79 Å². The fourth-order valence-corrected chi connectivity index (χ4v) is 2.89. The molecule has 1 aliphatic rings. The largest absolute Gasteiger partial charge is 0.479 e. The van der Waals surface area contributed by atoms with Gasteiger partial charge in [-0.15, -0.1) is 11.3 Å². The zero-order chi connectivity index (χ0) is 14.3. The minimum Gasteiger partial charge on any atom is -0.479 e. The molecule has 0 radical (unpaired) electrons. The summed E-state index contributed by atoms with van der Waals surface area (Å²) in [6.07, 6.45) is -0.443. The van der Waals surface area contributed by atoms with Crippen LogP contribution in [0.25, 0.3) is 11.3 Å². The molecule has 0 aliphatic carbocycles. The molecule has 0 bridgehead atoms. The summed E-state index contributed by atoms with van der Waals surface area (Å²) >= 11 is 1.54. The summed E-state index contributed by atoms with van der Waals surface area (Å²) in [4.78, 5) is 18.0. The highest BCUT2D eigenvalue weighted by atomic mass is 32.1. The number of ether oxygens (including phenoxy) is 1. The van der Waals surface area contributed by atoms with E-state index in [0.717, 1.165) is 27.7 Å². The maximum Gasteiger partial charge on any atom is 0.267 e. The van der Waals surface area contributed by atoms with Crippen LogP contribution in [0.1, 0.15) is 11.9 Å². The van der Waals surface area contributed by atoms with Crippen molar-refractivity contribution >= 4 is 22.9 Å². The molecule has 0 spiro atoms. The summed E-state index contributed by atoms with van der Waals surface area (Å²) in [5.41, 5.74) is 8.18. The first-order valence-corrected chi connectivity index (χ1v) is 7.21. The third kappa shape index (κ3) is 2.07. The van der Waals surface area contributed by atoms with Crippen molar-refractivity contribution in [1.29, 1.82) is 0 Å². The first-order chi connectivity index (χ1) is 9.60. The van der Waals surface area contributed by atoms with E-state index < -0.39 is 6.10 Å². The lowest BCUT2D eigenvalue weighted by Gasteiger charge is -2.30. The Balaban J connectivity index is 2.02. The second-order valence-electron chi connectivity index (χ2n) is 4.67. The molecule has 6 heteroatoms. The number of nitrogens with zero attached hydrogens (tertiary/aromatic N) is 2. The first kappa shape index (κ1) is 13.1. The third-order valence-corrected chi connectivity index (χ3v) is 4.20. The van der Waals surface area contributed by atoms with Gasteiger partial charge in [-0.25, -0.2) is 4.98 Å². The Labute approximate surface area is 121 Å². The zero-order valence-corrected chi connectivity index (χ0v) is 12.1. The average molecular weight is 289 g/mol. The van der Waals surface area contributed by atoms with Crippen LogP contribution in [-0.4, -0.2) is 24.0 Å². The summed E-state index contributed by atoms with van der Waals surface area (Å²) in [5, 5.41) is 2.87. The van der Waals surface area contributed by atoms with Gasteiger partial charge in [-0.1, -0.05) is 0 Å². The Bertz CT molecular complexity index is 668. The third-order valence-electron chi connectivity index (χ3n) is 3.32. The van der Waals surface area contributed by atoms with Crippen LogP contribution >= 0.6 is 11.3 Å². The van der Waals surface area contributed by atoms with Gasteiger partial charge in [-0.05, 0) is 25.1 Å². The van der Waals surface area contributed by atoms with Gasteiger partial charge >= 0.3 is 0 Å². The average Bonchev–Trinajstić information content (AvgIpc) is 2.93. The second-order valence-corrected chi connectivity index (χ2v) is 5.61. The van der Waals surface area contributed by atoms with Gasteiger partial charge in [0.15, 0.2) is 6.10 Å². The standard InChI is InChI=1S/C14H15N3O2S/c1-8-14(18)17(2)11-5-9(3-4-12(11)19-8)10-7-20-13(6-15)16-10/h3-5,7-8H,6,15H2,1-2H3. The highest BCUT2D eigenvalue weighted by molar-refractivity contribution is 7.09. The van der Waals surface area contributed by atoms with E-state index >= 15 is 0 Å². The highest BCUT2D eigenvalue weighted by Gasteiger charge is 2.29. The van der Waals surface area contributed by atoms with Crippen molar-refractivity contribution in [3.63, 3.8) is 0 Å². The molecular formula is C14H15N3O2S. The second kappa shape index (κ2) is 4.88. The molecule has 0 fully saturated rings. The predicted molar refractivity (Wildman–Crippen MR) is 78.9 cm³/mol. The van der Waals surface area contributed by atoms with Crippen LogP contribution in [-0.2, 0) is 11.3 Å². The maximum absolute atomic E-state index is 12.0. The van der Waals surface area contributed by atoms with Gasteiger partial charge in [0.1, 0.15) is 10.8 Å². The number of hydrogen-bond acceptors (Lipinski definition) is 5. The molecule has 1 atom stereocenters. The van der Waals surface area contributed by atoms with E-state index in [-0.39, 0.29) is 5.91 Å². The minimum absolute atomic E-state index is 0.0458. The fourth-order valence-electron chi connectivity index (χ4n) is 2.21. The van der Waals surface area contributed by atoms with Gasteiger partial charge in [0.25, 0.3) is 5.91 Å². The van der Waals surface area contributed by atoms with Crippen molar-refractivity contribution in [2.75, 3.05) is 11.9 Å². The topological polar surface area (TPSA) is 68.5 Å². The van der Waals surface area contributed by atoms with Gasteiger partial charge in [0.05, 0.1) is 11.4 Å². The first-order valence-electron chi connectivity index (χ1n) is 6.33. The summed E-state index contributed by atoms with van der Waals surface area (Å²) in [5.74, 6) is 0.674. The van der Waals surface area contributed by atoms with Crippen LogP contribution in [0, 0.1) is 0 Å². The Kier molecular flexibility index (Phi) is 3.19. The van der Waals surface area contributed by atoms with E-state index in [1.165, 1.54) is 11.3 Å². The molecule has 2 N–H and O–H groups in total. The van der Waals surface area contributed by atoms with E-state index in [4.69, 9.17) is 10.5 Å². The van der Waals surface area contributed by atoms with Crippen LogP contribution in [0.2, 0.25) is 0 Å². The van der Waals surface area contributed by atoms with Gasteiger partial charge in [-0.2, -0.15) is 0 Å². The summed E-state index contributed by atoms with van der Waals surface area (Å²) in [7, 11) is 1.76. The SMILES string of the molecule is CC1Oc2ccc(-c3csc(CN)n3)cc2N(C)C1=O. The Hall–Kier alpha value is -1.92. The number of likely N-dealkylation sites (N-methyl/N-ethyl adjacent to an activating group) is 1. The minimum atomic E-state index is -0.443. The number of carbonyl (C=O) groups is 1. The molecule has 0 saturated heterocycles. The van der Waals surface area contributed by atoms with E-state index in [1.54, 1.807) is 18.9 Å². The van der Waals surface area contributed by atoms with E-state index in [1.807, 2.05) is 23.6 Å². The van der Waals surface area contributed by atoms with Crippen molar-refractivity contribution in [3.05, 3.63) is 28.6 Å². The Morgan fingerprint density at radius 1 is 1.50 bits per heavy atom. The fraction of sp³-hybridized carbons (Fsp3) is 0.286.